The summed E-state index contributed by atoms with van der Waals surface area (Å²) in [6.07, 6.45) is 7.52. The second kappa shape index (κ2) is 7.77. The first-order valence-electron chi connectivity index (χ1n) is 10.6. The van der Waals surface area contributed by atoms with Crippen molar-refractivity contribution in [2.45, 2.75) is 58.8 Å². The van der Waals surface area contributed by atoms with E-state index in [1.807, 2.05) is 57.0 Å². The third-order valence-corrected chi connectivity index (χ3v) is 6.44. The average Bonchev–Trinajstić information content (AvgIpc) is 3.27. The van der Waals surface area contributed by atoms with Crippen molar-refractivity contribution < 1.29 is 9.31 Å². The zero-order valence-electron chi connectivity index (χ0n) is 19.3. The van der Waals surface area contributed by atoms with Gasteiger partial charge in [-0.15, -0.1) is 0 Å². The molecule has 7 nitrogen and oxygen atoms in total. The van der Waals surface area contributed by atoms with Crippen molar-refractivity contribution in [2.75, 3.05) is 11.9 Å². The molecule has 1 aliphatic rings. The monoisotopic (exact) mass is 419 g/mol. The molecular formula is C23H30BN5O2. The average molecular weight is 419 g/mol. The summed E-state index contributed by atoms with van der Waals surface area (Å²) in [6, 6.07) is 8.21. The van der Waals surface area contributed by atoms with E-state index in [9.17, 15) is 0 Å². The normalized spacial score (nSPS) is 18.2. The van der Waals surface area contributed by atoms with Crippen molar-refractivity contribution in [3.05, 3.63) is 60.2 Å². The lowest BCUT2D eigenvalue weighted by atomic mass is 9.80. The Morgan fingerprint density at radius 1 is 0.968 bits per heavy atom. The van der Waals surface area contributed by atoms with Crippen molar-refractivity contribution in [3.8, 4) is 5.82 Å². The summed E-state index contributed by atoms with van der Waals surface area (Å²) in [5.74, 6) is 1.68. The molecule has 162 valence electrons. The molecule has 1 saturated heterocycles. The molecule has 3 aromatic heterocycles. The van der Waals surface area contributed by atoms with Crippen LogP contribution in [0.3, 0.4) is 0 Å². The Balaban J connectivity index is 1.46. The molecule has 0 bridgehead atoms. The predicted molar refractivity (Wildman–Crippen MR) is 123 cm³/mol. The summed E-state index contributed by atoms with van der Waals surface area (Å²) >= 11 is 0. The first kappa shape index (κ1) is 21.5. The minimum Gasteiger partial charge on any atom is -0.399 e. The minimum atomic E-state index is -0.406. The summed E-state index contributed by atoms with van der Waals surface area (Å²) in [4.78, 5) is 11.4. The van der Waals surface area contributed by atoms with Crippen molar-refractivity contribution in [3.63, 3.8) is 0 Å². The molecule has 1 atom stereocenters. The second-order valence-corrected chi connectivity index (χ2v) is 9.24. The number of aryl methyl sites for hydroxylation is 1. The quantitative estimate of drug-likeness (QED) is 0.591. The Bertz CT molecular complexity index is 1030. The largest absolute Gasteiger partial charge is 0.496 e. The maximum absolute atomic E-state index is 6.13. The summed E-state index contributed by atoms with van der Waals surface area (Å²) in [6.45, 7) is 12.4. The molecule has 0 spiro atoms. The number of pyridine rings is 2. The zero-order chi connectivity index (χ0) is 22.4. The van der Waals surface area contributed by atoms with E-state index in [1.54, 1.807) is 4.68 Å². The van der Waals surface area contributed by atoms with E-state index < -0.39 is 7.12 Å². The predicted octanol–water partition coefficient (Wildman–Crippen LogP) is 3.47. The number of aromatic nitrogens is 4. The van der Waals surface area contributed by atoms with Gasteiger partial charge in [0.1, 0.15) is 5.82 Å². The molecule has 0 saturated carbocycles. The van der Waals surface area contributed by atoms with Gasteiger partial charge in [0.15, 0.2) is 5.82 Å². The molecule has 0 aromatic carbocycles. The summed E-state index contributed by atoms with van der Waals surface area (Å²) in [5.41, 5.74) is 2.40. The van der Waals surface area contributed by atoms with Crippen molar-refractivity contribution in [1.82, 2.24) is 19.7 Å². The fraction of sp³-hybridized carbons (Fsp3) is 0.435. The maximum atomic E-state index is 6.13. The van der Waals surface area contributed by atoms with Gasteiger partial charge in [0.2, 0.25) is 0 Å². The van der Waals surface area contributed by atoms with Gasteiger partial charge in [0, 0.05) is 31.1 Å². The molecule has 0 N–H and O–H groups in total. The van der Waals surface area contributed by atoms with Gasteiger partial charge in [-0.2, -0.15) is 5.10 Å². The lowest BCUT2D eigenvalue weighted by molar-refractivity contribution is 0.00578. The Kier molecular flexibility index (Phi) is 5.39. The van der Waals surface area contributed by atoms with Crippen LogP contribution in [-0.2, 0) is 9.31 Å². The van der Waals surface area contributed by atoms with E-state index in [1.165, 1.54) is 0 Å². The Morgan fingerprint density at radius 3 is 2.19 bits per heavy atom. The van der Waals surface area contributed by atoms with E-state index in [2.05, 4.69) is 60.7 Å². The van der Waals surface area contributed by atoms with Crippen LogP contribution in [0.15, 0.2) is 49.1 Å². The van der Waals surface area contributed by atoms with E-state index in [-0.39, 0.29) is 17.2 Å². The number of hydrogen-bond donors (Lipinski definition) is 0. The van der Waals surface area contributed by atoms with Gasteiger partial charge in [0.05, 0.1) is 23.4 Å². The van der Waals surface area contributed by atoms with Gasteiger partial charge in [-0.1, -0.05) is 12.1 Å². The van der Waals surface area contributed by atoms with Gasteiger partial charge in [-0.05, 0) is 64.8 Å². The highest BCUT2D eigenvalue weighted by Gasteiger charge is 2.51. The molecule has 4 rings (SSSR count). The Morgan fingerprint density at radius 2 is 1.68 bits per heavy atom. The van der Waals surface area contributed by atoms with Gasteiger partial charge >= 0.3 is 7.12 Å². The standard InChI is InChI=1S/C23H30BN5O2/c1-16-12-27-29(15-16)21-10-8-18(13-25-21)17(2)28(7)20-11-9-19(14-26-20)24-30-22(3,4)23(5,6)31-24/h8-15,17H,1-7H3/t17-/m0/s1. The van der Waals surface area contributed by atoms with E-state index in [0.717, 1.165) is 28.2 Å². The van der Waals surface area contributed by atoms with Crippen LogP contribution in [-0.4, -0.2) is 45.1 Å². The molecule has 0 amide bonds. The third kappa shape index (κ3) is 4.10. The van der Waals surface area contributed by atoms with Gasteiger partial charge in [-0.25, -0.2) is 14.6 Å². The SMILES string of the molecule is Cc1cnn(-c2ccc([C@H](C)N(C)c3ccc(B4OC(C)(C)C(C)(C)O4)cn3)cn2)c1. The molecule has 1 aliphatic heterocycles. The summed E-state index contributed by atoms with van der Waals surface area (Å²) < 4.78 is 14.0. The van der Waals surface area contributed by atoms with E-state index in [4.69, 9.17) is 9.31 Å². The lowest BCUT2D eigenvalue weighted by Crippen LogP contribution is -2.41. The lowest BCUT2D eigenvalue weighted by Gasteiger charge is -2.32. The van der Waals surface area contributed by atoms with Gasteiger partial charge < -0.3 is 14.2 Å². The van der Waals surface area contributed by atoms with E-state index >= 15 is 0 Å². The van der Waals surface area contributed by atoms with Crippen molar-refractivity contribution in [1.29, 1.82) is 0 Å². The summed E-state index contributed by atoms with van der Waals surface area (Å²) in [5, 5.41) is 4.32. The van der Waals surface area contributed by atoms with Crippen LogP contribution in [0.5, 0.6) is 0 Å². The molecule has 8 heteroatoms. The van der Waals surface area contributed by atoms with Crippen LogP contribution >= 0.6 is 0 Å². The minimum absolute atomic E-state index is 0.108. The van der Waals surface area contributed by atoms with Crippen molar-refractivity contribution >= 4 is 18.4 Å². The Labute approximate surface area is 184 Å². The van der Waals surface area contributed by atoms with Crippen molar-refractivity contribution in [2.24, 2.45) is 0 Å². The number of nitrogens with zero attached hydrogens (tertiary/aromatic N) is 5. The molecule has 4 heterocycles. The van der Waals surface area contributed by atoms with Crippen LogP contribution < -0.4 is 10.4 Å². The maximum Gasteiger partial charge on any atom is 0.496 e. The molecule has 0 radical (unpaired) electrons. The highest BCUT2D eigenvalue weighted by Crippen LogP contribution is 2.36. The zero-order valence-corrected chi connectivity index (χ0v) is 19.3. The Hall–Kier alpha value is -2.71. The highest BCUT2D eigenvalue weighted by atomic mass is 16.7. The molecule has 0 unspecified atom stereocenters. The first-order chi connectivity index (χ1) is 14.6. The van der Waals surface area contributed by atoms with Crippen LogP contribution in [0.4, 0.5) is 5.82 Å². The number of rotatable bonds is 5. The first-order valence-corrected chi connectivity index (χ1v) is 10.6. The fourth-order valence-electron chi connectivity index (χ4n) is 3.46. The van der Waals surface area contributed by atoms with Crippen LogP contribution in [0, 0.1) is 6.92 Å². The molecule has 0 aliphatic carbocycles. The van der Waals surface area contributed by atoms with Crippen LogP contribution in [0.1, 0.15) is 51.8 Å². The fourth-order valence-corrected chi connectivity index (χ4v) is 3.46. The van der Waals surface area contributed by atoms with E-state index in [0.29, 0.717) is 0 Å². The number of anilines is 1. The smallest absolute Gasteiger partial charge is 0.399 e. The topological polar surface area (TPSA) is 65.3 Å². The molecule has 3 aromatic rings. The summed E-state index contributed by atoms with van der Waals surface area (Å²) in [7, 11) is 1.63. The highest BCUT2D eigenvalue weighted by molar-refractivity contribution is 6.62. The third-order valence-electron chi connectivity index (χ3n) is 6.44. The second-order valence-electron chi connectivity index (χ2n) is 9.24. The van der Waals surface area contributed by atoms with Gasteiger partial charge in [0.25, 0.3) is 0 Å². The molecule has 31 heavy (non-hydrogen) atoms. The molecular weight excluding hydrogens is 389 g/mol. The molecule has 1 fully saturated rings. The number of hydrogen-bond acceptors (Lipinski definition) is 6. The van der Waals surface area contributed by atoms with Crippen LogP contribution in [0.2, 0.25) is 0 Å². The van der Waals surface area contributed by atoms with Gasteiger partial charge in [-0.3, -0.25) is 0 Å². The van der Waals surface area contributed by atoms with Crippen LogP contribution in [0.25, 0.3) is 5.82 Å².